The van der Waals surface area contributed by atoms with Crippen LogP contribution in [0.2, 0.25) is 5.02 Å². The van der Waals surface area contributed by atoms with Crippen molar-refractivity contribution in [1.82, 2.24) is 15.1 Å². The molecule has 1 atom stereocenters. The highest BCUT2D eigenvalue weighted by atomic mass is 35.5. The van der Waals surface area contributed by atoms with Gasteiger partial charge in [-0.15, -0.1) is 0 Å². The first kappa shape index (κ1) is 18.5. The lowest BCUT2D eigenvalue weighted by atomic mass is 10.1. The van der Waals surface area contributed by atoms with Crippen molar-refractivity contribution in [2.24, 2.45) is 0 Å². The van der Waals surface area contributed by atoms with Gasteiger partial charge in [0.15, 0.2) is 11.7 Å². The van der Waals surface area contributed by atoms with Crippen LogP contribution < -0.4 is 5.32 Å². The van der Waals surface area contributed by atoms with Gasteiger partial charge in [-0.25, -0.2) is 4.79 Å². The van der Waals surface area contributed by atoms with Crippen LogP contribution in [0.3, 0.4) is 0 Å². The van der Waals surface area contributed by atoms with E-state index in [9.17, 15) is 14.7 Å². The SMILES string of the molecule is CC(C)(C)n1nc(C(=O)NC(C(=O)O)c2ccc(Cl)cc2)cc1C1CC1. The van der Waals surface area contributed by atoms with Gasteiger partial charge in [0.25, 0.3) is 5.91 Å². The molecule has 1 heterocycles. The molecule has 2 aromatic rings. The molecule has 7 heteroatoms. The number of aromatic nitrogens is 2. The second-order valence-corrected chi connectivity index (χ2v) is 8.04. The summed E-state index contributed by atoms with van der Waals surface area (Å²) in [5, 5.41) is 17.0. The van der Waals surface area contributed by atoms with Gasteiger partial charge >= 0.3 is 5.97 Å². The van der Waals surface area contributed by atoms with Crippen molar-refractivity contribution in [2.75, 3.05) is 0 Å². The van der Waals surface area contributed by atoms with Crippen molar-refractivity contribution < 1.29 is 14.7 Å². The van der Waals surface area contributed by atoms with Gasteiger partial charge < -0.3 is 10.4 Å². The van der Waals surface area contributed by atoms with E-state index in [0.29, 0.717) is 16.5 Å². The molecule has 0 bridgehead atoms. The smallest absolute Gasteiger partial charge is 0.330 e. The zero-order chi connectivity index (χ0) is 19.1. The standard InChI is InChI=1S/C19H22ClN3O3/c1-19(2,3)23-15(11-4-5-11)10-14(22-23)17(24)21-16(18(25)26)12-6-8-13(20)9-7-12/h6-11,16H,4-5H2,1-3H3,(H,21,24)(H,25,26). The molecule has 0 aliphatic heterocycles. The molecule has 3 rings (SSSR count). The van der Waals surface area contributed by atoms with Crippen molar-refractivity contribution >= 4 is 23.5 Å². The maximum absolute atomic E-state index is 12.7. The molecule has 1 unspecified atom stereocenters. The molecule has 1 fully saturated rings. The lowest BCUT2D eigenvalue weighted by Crippen LogP contribution is -2.34. The Hall–Kier alpha value is -2.34. The second-order valence-electron chi connectivity index (χ2n) is 7.61. The number of rotatable bonds is 5. The van der Waals surface area contributed by atoms with Crippen molar-refractivity contribution in [2.45, 2.75) is 51.1 Å². The summed E-state index contributed by atoms with van der Waals surface area (Å²) in [5.74, 6) is -1.22. The molecule has 1 saturated carbocycles. The lowest BCUT2D eigenvalue weighted by molar-refractivity contribution is -0.139. The van der Waals surface area contributed by atoms with E-state index in [-0.39, 0.29) is 11.2 Å². The van der Waals surface area contributed by atoms with E-state index < -0.39 is 17.9 Å². The maximum Gasteiger partial charge on any atom is 0.330 e. The zero-order valence-electron chi connectivity index (χ0n) is 15.0. The van der Waals surface area contributed by atoms with Gasteiger partial charge in [-0.2, -0.15) is 5.10 Å². The summed E-state index contributed by atoms with van der Waals surface area (Å²) >= 11 is 5.85. The van der Waals surface area contributed by atoms with Gasteiger partial charge in [-0.3, -0.25) is 9.48 Å². The number of nitrogens with one attached hydrogen (secondary N) is 1. The fourth-order valence-corrected chi connectivity index (χ4v) is 2.99. The van der Waals surface area contributed by atoms with Gasteiger partial charge in [-0.05, 0) is 57.4 Å². The fraction of sp³-hybridized carbons (Fsp3) is 0.421. The van der Waals surface area contributed by atoms with Crippen LogP contribution in [-0.2, 0) is 10.3 Å². The largest absolute Gasteiger partial charge is 0.479 e. The highest BCUT2D eigenvalue weighted by molar-refractivity contribution is 6.30. The molecule has 1 aromatic heterocycles. The number of carbonyl (C=O) groups excluding carboxylic acids is 1. The van der Waals surface area contributed by atoms with Crippen molar-refractivity contribution in [3.05, 3.63) is 52.3 Å². The molecule has 1 aliphatic rings. The van der Waals surface area contributed by atoms with Crippen LogP contribution in [0.5, 0.6) is 0 Å². The van der Waals surface area contributed by atoms with Gasteiger partial charge in [-0.1, -0.05) is 23.7 Å². The van der Waals surface area contributed by atoms with Crippen LogP contribution in [0.4, 0.5) is 0 Å². The average molecular weight is 376 g/mol. The van der Waals surface area contributed by atoms with E-state index in [1.165, 1.54) is 0 Å². The Labute approximate surface area is 157 Å². The number of hydrogen-bond acceptors (Lipinski definition) is 3. The average Bonchev–Trinajstić information content (AvgIpc) is 3.30. The van der Waals surface area contributed by atoms with Crippen molar-refractivity contribution in [3.8, 4) is 0 Å². The van der Waals surface area contributed by atoms with Gasteiger partial charge in [0.1, 0.15) is 0 Å². The van der Waals surface area contributed by atoms with E-state index in [0.717, 1.165) is 18.5 Å². The Morgan fingerprint density at radius 2 is 1.88 bits per heavy atom. The van der Waals surface area contributed by atoms with Crippen molar-refractivity contribution in [1.29, 1.82) is 0 Å². The number of nitrogens with zero attached hydrogens (tertiary/aromatic N) is 2. The number of benzene rings is 1. The molecule has 0 spiro atoms. The summed E-state index contributed by atoms with van der Waals surface area (Å²) in [6, 6.07) is 6.98. The maximum atomic E-state index is 12.7. The number of carboxylic acid groups (broad SMARTS) is 1. The molecule has 0 saturated heterocycles. The number of carbonyl (C=O) groups is 2. The summed E-state index contributed by atoms with van der Waals surface area (Å²) in [4.78, 5) is 24.3. The third-order valence-electron chi connectivity index (χ3n) is 4.33. The minimum atomic E-state index is -1.16. The monoisotopic (exact) mass is 375 g/mol. The third-order valence-corrected chi connectivity index (χ3v) is 4.58. The molecule has 26 heavy (non-hydrogen) atoms. The van der Waals surface area contributed by atoms with E-state index in [1.807, 2.05) is 25.5 Å². The van der Waals surface area contributed by atoms with E-state index in [1.54, 1.807) is 30.3 Å². The van der Waals surface area contributed by atoms with E-state index in [4.69, 9.17) is 11.6 Å². The van der Waals surface area contributed by atoms with Gasteiger partial charge in [0.2, 0.25) is 0 Å². The van der Waals surface area contributed by atoms with Crippen LogP contribution in [0.25, 0.3) is 0 Å². The first-order valence-electron chi connectivity index (χ1n) is 8.56. The molecule has 0 radical (unpaired) electrons. The predicted octanol–water partition coefficient (Wildman–Crippen LogP) is 3.72. The highest BCUT2D eigenvalue weighted by Gasteiger charge is 2.33. The van der Waals surface area contributed by atoms with Crippen molar-refractivity contribution in [3.63, 3.8) is 0 Å². The van der Waals surface area contributed by atoms with Crippen LogP contribution >= 0.6 is 11.6 Å². The number of carboxylic acids is 1. The number of aliphatic carboxylic acids is 1. The van der Waals surface area contributed by atoms with Gasteiger partial charge in [0, 0.05) is 16.6 Å². The topological polar surface area (TPSA) is 84.2 Å². The van der Waals surface area contributed by atoms with Crippen LogP contribution in [0, 0.1) is 0 Å². The summed E-state index contributed by atoms with van der Waals surface area (Å²) in [5.41, 5.74) is 1.47. The Kier molecular flexibility index (Phi) is 4.80. The predicted molar refractivity (Wildman–Crippen MR) is 98.5 cm³/mol. The summed E-state index contributed by atoms with van der Waals surface area (Å²) in [6.07, 6.45) is 2.18. The molecule has 6 nitrogen and oxygen atoms in total. The Morgan fingerprint density at radius 3 is 2.38 bits per heavy atom. The molecular formula is C19H22ClN3O3. The molecule has 1 aromatic carbocycles. The Bertz CT molecular complexity index is 833. The summed E-state index contributed by atoms with van der Waals surface area (Å²) in [7, 11) is 0. The molecule has 1 amide bonds. The first-order chi connectivity index (χ1) is 12.2. The number of hydrogen-bond donors (Lipinski definition) is 2. The van der Waals surface area contributed by atoms with Gasteiger partial charge in [0.05, 0.1) is 5.54 Å². The minimum absolute atomic E-state index is 0.238. The second kappa shape index (κ2) is 6.76. The molecule has 138 valence electrons. The number of amides is 1. The van der Waals surface area contributed by atoms with Crippen LogP contribution in [-0.4, -0.2) is 26.8 Å². The third kappa shape index (κ3) is 3.90. The Balaban J connectivity index is 1.86. The number of halogens is 1. The Morgan fingerprint density at radius 1 is 1.27 bits per heavy atom. The fourth-order valence-electron chi connectivity index (χ4n) is 2.86. The van der Waals surface area contributed by atoms with Crippen LogP contribution in [0.15, 0.2) is 30.3 Å². The normalized spacial score (nSPS) is 15.5. The first-order valence-corrected chi connectivity index (χ1v) is 8.94. The molecular weight excluding hydrogens is 354 g/mol. The quantitative estimate of drug-likeness (QED) is 0.834. The molecule has 2 N–H and O–H groups in total. The van der Waals surface area contributed by atoms with E-state index >= 15 is 0 Å². The summed E-state index contributed by atoms with van der Waals surface area (Å²) < 4.78 is 1.87. The minimum Gasteiger partial charge on any atom is -0.479 e. The molecule has 1 aliphatic carbocycles. The van der Waals surface area contributed by atoms with E-state index in [2.05, 4.69) is 10.4 Å². The van der Waals surface area contributed by atoms with Crippen LogP contribution in [0.1, 0.15) is 67.3 Å². The highest BCUT2D eigenvalue weighted by Crippen LogP contribution is 2.41. The zero-order valence-corrected chi connectivity index (χ0v) is 15.7. The lowest BCUT2D eigenvalue weighted by Gasteiger charge is -2.22. The summed E-state index contributed by atoms with van der Waals surface area (Å²) in [6.45, 7) is 6.09.